The van der Waals surface area contributed by atoms with Crippen LogP contribution < -0.4 is 10.6 Å². The predicted molar refractivity (Wildman–Crippen MR) is 93.4 cm³/mol. The molecule has 0 amide bonds. The zero-order valence-electron chi connectivity index (χ0n) is 13.5. The van der Waals surface area contributed by atoms with Crippen LogP contribution in [0.25, 0.3) is 0 Å². The molecular weight excluding hydrogens is 280 g/mol. The van der Waals surface area contributed by atoms with E-state index in [0.29, 0.717) is 11.3 Å². The molecule has 0 radical (unpaired) electrons. The van der Waals surface area contributed by atoms with Gasteiger partial charge in [-0.05, 0) is 32.4 Å². The van der Waals surface area contributed by atoms with Crippen LogP contribution in [0.4, 0.5) is 11.6 Å². The lowest BCUT2D eigenvalue weighted by atomic mass is 9.95. The third kappa shape index (κ3) is 4.77. The SMILES string of the molecule is CCCc1nc(NCC)cc(NC2CCCCC2SC)n1. The van der Waals surface area contributed by atoms with Gasteiger partial charge in [0.2, 0.25) is 0 Å². The van der Waals surface area contributed by atoms with Crippen LogP contribution in [0.3, 0.4) is 0 Å². The van der Waals surface area contributed by atoms with Gasteiger partial charge in [0.1, 0.15) is 17.5 Å². The van der Waals surface area contributed by atoms with E-state index < -0.39 is 0 Å². The Morgan fingerprint density at radius 1 is 1.19 bits per heavy atom. The number of anilines is 2. The molecule has 118 valence electrons. The number of hydrogen-bond acceptors (Lipinski definition) is 5. The summed E-state index contributed by atoms with van der Waals surface area (Å²) in [6.07, 6.45) is 9.47. The third-order valence-corrected chi connectivity index (χ3v) is 5.11. The summed E-state index contributed by atoms with van der Waals surface area (Å²) in [5.74, 6) is 2.86. The van der Waals surface area contributed by atoms with E-state index in [2.05, 4.69) is 41.8 Å². The molecule has 1 aliphatic rings. The second-order valence-electron chi connectivity index (χ2n) is 5.64. The highest BCUT2D eigenvalue weighted by molar-refractivity contribution is 7.99. The normalized spacial score (nSPS) is 22.0. The van der Waals surface area contributed by atoms with E-state index in [0.717, 1.165) is 36.8 Å². The van der Waals surface area contributed by atoms with E-state index >= 15 is 0 Å². The molecule has 21 heavy (non-hydrogen) atoms. The minimum atomic E-state index is 0.535. The van der Waals surface area contributed by atoms with Crippen LogP contribution in [0.1, 0.15) is 51.8 Å². The molecule has 0 spiro atoms. The van der Waals surface area contributed by atoms with Gasteiger partial charge in [0.05, 0.1) is 0 Å². The summed E-state index contributed by atoms with van der Waals surface area (Å²) in [5, 5.41) is 7.68. The molecule has 1 aromatic rings. The van der Waals surface area contributed by atoms with Crippen molar-refractivity contribution >= 4 is 23.4 Å². The highest BCUT2D eigenvalue weighted by atomic mass is 32.2. The molecule has 1 aromatic heterocycles. The number of thioether (sulfide) groups is 1. The van der Waals surface area contributed by atoms with Crippen LogP contribution >= 0.6 is 11.8 Å². The Kier molecular flexibility index (Phi) is 6.61. The second-order valence-corrected chi connectivity index (χ2v) is 6.72. The molecule has 2 atom stereocenters. The Balaban J connectivity index is 2.13. The van der Waals surface area contributed by atoms with Crippen molar-refractivity contribution in [3.8, 4) is 0 Å². The summed E-state index contributed by atoms with van der Waals surface area (Å²) < 4.78 is 0. The van der Waals surface area contributed by atoms with Gasteiger partial charge < -0.3 is 10.6 Å². The van der Waals surface area contributed by atoms with Crippen molar-refractivity contribution in [2.24, 2.45) is 0 Å². The quantitative estimate of drug-likeness (QED) is 0.799. The lowest BCUT2D eigenvalue weighted by Gasteiger charge is -2.31. The summed E-state index contributed by atoms with van der Waals surface area (Å²) in [7, 11) is 0. The summed E-state index contributed by atoms with van der Waals surface area (Å²) in [6.45, 7) is 5.15. The number of rotatable bonds is 7. The highest BCUT2D eigenvalue weighted by Gasteiger charge is 2.24. The third-order valence-electron chi connectivity index (χ3n) is 3.94. The fraction of sp³-hybridized carbons (Fsp3) is 0.750. The van der Waals surface area contributed by atoms with E-state index in [1.165, 1.54) is 25.7 Å². The topological polar surface area (TPSA) is 49.8 Å². The maximum atomic E-state index is 4.70. The summed E-state index contributed by atoms with van der Waals surface area (Å²) in [4.78, 5) is 9.27. The Hall–Kier alpha value is -0.970. The van der Waals surface area contributed by atoms with Crippen molar-refractivity contribution in [3.63, 3.8) is 0 Å². The number of hydrogen-bond donors (Lipinski definition) is 2. The van der Waals surface area contributed by atoms with Gasteiger partial charge in [-0.15, -0.1) is 0 Å². The van der Waals surface area contributed by atoms with Crippen LogP contribution in [0.15, 0.2) is 6.07 Å². The summed E-state index contributed by atoms with van der Waals surface area (Å²) in [6, 6.07) is 2.59. The Labute approximate surface area is 132 Å². The first kappa shape index (κ1) is 16.4. The van der Waals surface area contributed by atoms with Crippen molar-refractivity contribution in [3.05, 3.63) is 11.9 Å². The summed E-state index contributed by atoms with van der Waals surface area (Å²) in [5.41, 5.74) is 0. The molecule has 0 bridgehead atoms. The number of aryl methyl sites for hydroxylation is 1. The minimum Gasteiger partial charge on any atom is -0.370 e. The van der Waals surface area contributed by atoms with Crippen LogP contribution in [-0.2, 0) is 6.42 Å². The lowest BCUT2D eigenvalue weighted by molar-refractivity contribution is 0.474. The molecule has 2 rings (SSSR count). The molecule has 1 fully saturated rings. The van der Waals surface area contributed by atoms with Gasteiger partial charge in [0.25, 0.3) is 0 Å². The first-order valence-corrected chi connectivity index (χ1v) is 9.46. The van der Waals surface area contributed by atoms with Crippen LogP contribution in [-0.4, -0.2) is 34.1 Å². The first-order valence-electron chi connectivity index (χ1n) is 8.18. The monoisotopic (exact) mass is 308 g/mol. The standard InChI is InChI=1S/C16H28N4S/c1-4-8-14-19-15(17-5-2)11-16(20-14)18-12-9-6-7-10-13(12)21-3/h11-13H,4-10H2,1-3H3,(H2,17,18,19,20). The van der Waals surface area contributed by atoms with E-state index in [-0.39, 0.29) is 0 Å². The largest absolute Gasteiger partial charge is 0.370 e. The zero-order valence-corrected chi connectivity index (χ0v) is 14.3. The van der Waals surface area contributed by atoms with Gasteiger partial charge in [0.15, 0.2) is 0 Å². The molecular formula is C16H28N4S. The molecule has 2 unspecified atom stereocenters. The van der Waals surface area contributed by atoms with Crippen molar-refractivity contribution in [2.75, 3.05) is 23.4 Å². The first-order chi connectivity index (χ1) is 10.3. The second kappa shape index (κ2) is 8.47. The summed E-state index contributed by atoms with van der Waals surface area (Å²) >= 11 is 1.98. The molecule has 1 heterocycles. The fourth-order valence-corrected chi connectivity index (χ4v) is 3.85. The van der Waals surface area contributed by atoms with Crippen LogP contribution in [0, 0.1) is 0 Å². The van der Waals surface area contributed by atoms with E-state index in [4.69, 9.17) is 4.98 Å². The maximum absolute atomic E-state index is 4.70. The number of nitrogens with zero attached hydrogens (tertiary/aromatic N) is 2. The number of nitrogens with one attached hydrogen (secondary N) is 2. The molecule has 2 N–H and O–H groups in total. The van der Waals surface area contributed by atoms with Gasteiger partial charge in [-0.3, -0.25) is 0 Å². The van der Waals surface area contributed by atoms with E-state index in [9.17, 15) is 0 Å². The minimum absolute atomic E-state index is 0.535. The molecule has 4 nitrogen and oxygen atoms in total. The highest BCUT2D eigenvalue weighted by Crippen LogP contribution is 2.29. The van der Waals surface area contributed by atoms with Crippen LogP contribution in [0.5, 0.6) is 0 Å². The van der Waals surface area contributed by atoms with Crippen molar-refractivity contribution in [1.29, 1.82) is 0 Å². The van der Waals surface area contributed by atoms with Gasteiger partial charge >= 0.3 is 0 Å². The van der Waals surface area contributed by atoms with E-state index in [1.54, 1.807) is 0 Å². The van der Waals surface area contributed by atoms with Crippen molar-refractivity contribution < 1.29 is 0 Å². The van der Waals surface area contributed by atoms with Crippen LogP contribution in [0.2, 0.25) is 0 Å². The molecule has 0 saturated heterocycles. The van der Waals surface area contributed by atoms with E-state index in [1.807, 2.05) is 11.8 Å². The smallest absolute Gasteiger partial charge is 0.133 e. The Bertz CT molecular complexity index is 414. The van der Waals surface area contributed by atoms with Crippen molar-refractivity contribution in [2.45, 2.75) is 63.7 Å². The zero-order chi connectivity index (χ0) is 15.1. The Morgan fingerprint density at radius 3 is 2.67 bits per heavy atom. The molecule has 0 aromatic carbocycles. The fourth-order valence-electron chi connectivity index (χ4n) is 2.91. The maximum Gasteiger partial charge on any atom is 0.133 e. The number of aromatic nitrogens is 2. The van der Waals surface area contributed by atoms with Crippen molar-refractivity contribution in [1.82, 2.24) is 9.97 Å². The van der Waals surface area contributed by atoms with Gasteiger partial charge in [-0.2, -0.15) is 11.8 Å². The molecule has 0 aliphatic heterocycles. The average Bonchev–Trinajstić information content (AvgIpc) is 2.48. The molecule has 5 heteroatoms. The predicted octanol–water partition coefficient (Wildman–Crippen LogP) is 3.95. The average molecular weight is 308 g/mol. The molecule has 1 aliphatic carbocycles. The van der Waals surface area contributed by atoms with Gasteiger partial charge in [-0.1, -0.05) is 19.8 Å². The molecule has 1 saturated carbocycles. The lowest BCUT2D eigenvalue weighted by Crippen LogP contribution is -2.34. The van der Waals surface area contributed by atoms with Gasteiger partial charge in [0, 0.05) is 30.3 Å². The van der Waals surface area contributed by atoms with Gasteiger partial charge in [-0.25, -0.2) is 9.97 Å². The Morgan fingerprint density at radius 2 is 1.95 bits per heavy atom.